The molecule has 0 spiro atoms. The molecule has 1 aliphatic carbocycles. The monoisotopic (exact) mass is 287 g/mol. The summed E-state index contributed by atoms with van der Waals surface area (Å²) in [6.07, 6.45) is 5.06. The number of piperazine rings is 1. The Morgan fingerprint density at radius 1 is 1.05 bits per heavy atom. The Labute approximate surface area is 129 Å². The van der Waals surface area contributed by atoms with E-state index >= 15 is 0 Å². The first-order chi connectivity index (χ1) is 10.2. The van der Waals surface area contributed by atoms with Crippen LogP contribution in [0.5, 0.6) is 0 Å². The molecule has 116 valence electrons. The normalized spacial score (nSPS) is 32.2. The van der Waals surface area contributed by atoms with E-state index < -0.39 is 0 Å². The Morgan fingerprint density at radius 2 is 1.76 bits per heavy atom. The van der Waals surface area contributed by atoms with E-state index in [1.807, 2.05) is 0 Å². The van der Waals surface area contributed by atoms with E-state index in [1.165, 1.54) is 50.9 Å². The van der Waals surface area contributed by atoms with Gasteiger partial charge in [-0.05, 0) is 44.2 Å². The summed E-state index contributed by atoms with van der Waals surface area (Å²) in [6.45, 7) is 4.78. The molecule has 0 amide bonds. The summed E-state index contributed by atoms with van der Waals surface area (Å²) < 4.78 is 0. The second-order valence-electron chi connectivity index (χ2n) is 6.96. The van der Waals surface area contributed by atoms with Gasteiger partial charge in [0.1, 0.15) is 0 Å². The third-order valence-electron chi connectivity index (χ3n) is 5.26. The van der Waals surface area contributed by atoms with Gasteiger partial charge in [-0.15, -0.1) is 0 Å². The molecule has 0 aromatic heterocycles. The number of benzene rings is 1. The van der Waals surface area contributed by atoms with Gasteiger partial charge in [0.05, 0.1) is 0 Å². The molecule has 2 aliphatic rings. The van der Waals surface area contributed by atoms with E-state index in [-0.39, 0.29) is 0 Å². The molecule has 1 aromatic rings. The maximum atomic E-state index is 6.05. The first kappa shape index (κ1) is 15.0. The van der Waals surface area contributed by atoms with E-state index in [0.29, 0.717) is 12.1 Å². The summed E-state index contributed by atoms with van der Waals surface area (Å²) in [4.78, 5) is 5.18. The maximum absolute atomic E-state index is 6.05. The lowest BCUT2D eigenvalue weighted by molar-refractivity contribution is 0.0674. The van der Waals surface area contributed by atoms with Crippen LogP contribution in [0.4, 0.5) is 0 Å². The molecule has 1 aliphatic heterocycles. The van der Waals surface area contributed by atoms with Crippen molar-refractivity contribution in [3.8, 4) is 0 Å². The highest BCUT2D eigenvalue weighted by Gasteiger charge is 2.29. The average Bonchev–Trinajstić information content (AvgIpc) is 2.52. The van der Waals surface area contributed by atoms with Crippen LogP contribution in [0.3, 0.4) is 0 Å². The summed E-state index contributed by atoms with van der Waals surface area (Å²) >= 11 is 0. The maximum Gasteiger partial charge on any atom is 0.0475 e. The minimum atomic E-state index is 0.457. The third kappa shape index (κ3) is 3.85. The standard InChI is InChI=1S/C18H29N3/c1-20-11-12-21(13-15-7-9-17(19)10-8-15)18(14-20)16-5-3-2-4-6-16/h2-6,15,17-18H,7-14,19H2,1H3. The number of nitrogens with zero attached hydrogens (tertiary/aromatic N) is 2. The quantitative estimate of drug-likeness (QED) is 0.927. The van der Waals surface area contributed by atoms with E-state index in [4.69, 9.17) is 5.73 Å². The predicted octanol–water partition coefficient (Wildman–Crippen LogP) is 2.49. The van der Waals surface area contributed by atoms with Gasteiger partial charge in [0.25, 0.3) is 0 Å². The molecule has 1 heterocycles. The molecule has 1 aromatic carbocycles. The molecule has 3 heteroatoms. The Morgan fingerprint density at radius 3 is 2.48 bits per heavy atom. The molecule has 3 rings (SSSR count). The SMILES string of the molecule is CN1CCN(CC2CCC(N)CC2)C(c2ccccc2)C1. The summed E-state index contributed by atoms with van der Waals surface area (Å²) in [7, 11) is 2.24. The van der Waals surface area contributed by atoms with Crippen molar-refractivity contribution < 1.29 is 0 Å². The van der Waals surface area contributed by atoms with Crippen molar-refractivity contribution in [1.29, 1.82) is 0 Å². The van der Waals surface area contributed by atoms with Crippen LogP contribution in [0.1, 0.15) is 37.3 Å². The Bertz CT molecular complexity index is 425. The van der Waals surface area contributed by atoms with Gasteiger partial charge in [0.2, 0.25) is 0 Å². The molecule has 2 fully saturated rings. The summed E-state index contributed by atoms with van der Waals surface area (Å²) in [5.74, 6) is 0.847. The highest BCUT2D eigenvalue weighted by atomic mass is 15.3. The van der Waals surface area contributed by atoms with Crippen molar-refractivity contribution in [3.63, 3.8) is 0 Å². The first-order valence-corrected chi connectivity index (χ1v) is 8.45. The lowest BCUT2D eigenvalue weighted by Crippen LogP contribution is -2.48. The van der Waals surface area contributed by atoms with Gasteiger partial charge in [-0.3, -0.25) is 4.90 Å². The van der Waals surface area contributed by atoms with E-state index in [0.717, 1.165) is 12.5 Å². The molecule has 1 unspecified atom stereocenters. The zero-order chi connectivity index (χ0) is 14.7. The van der Waals surface area contributed by atoms with Crippen LogP contribution in [0.2, 0.25) is 0 Å². The van der Waals surface area contributed by atoms with Crippen LogP contribution in [-0.4, -0.2) is 49.1 Å². The molecular weight excluding hydrogens is 258 g/mol. The van der Waals surface area contributed by atoms with Gasteiger partial charge in [-0.25, -0.2) is 0 Å². The summed E-state index contributed by atoms with van der Waals surface area (Å²) in [5.41, 5.74) is 7.52. The molecule has 3 nitrogen and oxygen atoms in total. The van der Waals surface area contributed by atoms with Crippen LogP contribution in [0.25, 0.3) is 0 Å². The van der Waals surface area contributed by atoms with Gasteiger partial charge in [0, 0.05) is 38.3 Å². The van der Waals surface area contributed by atoms with Gasteiger partial charge in [0.15, 0.2) is 0 Å². The average molecular weight is 287 g/mol. The van der Waals surface area contributed by atoms with Crippen molar-refractivity contribution >= 4 is 0 Å². The largest absolute Gasteiger partial charge is 0.328 e. The van der Waals surface area contributed by atoms with Crippen molar-refractivity contribution in [3.05, 3.63) is 35.9 Å². The van der Waals surface area contributed by atoms with Crippen LogP contribution in [0, 0.1) is 5.92 Å². The van der Waals surface area contributed by atoms with Crippen LogP contribution in [-0.2, 0) is 0 Å². The zero-order valence-corrected chi connectivity index (χ0v) is 13.2. The fourth-order valence-electron chi connectivity index (χ4n) is 3.87. The highest BCUT2D eigenvalue weighted by molar-refractivity contribution is 5.20. The van der Waals surface area contributed by atoms with Crippen molar-refractivity contribution in [1.82, 2.24) is 9.80 Å². The lowest BCUT2D eigenvalue weighted by atomic mass is 9.85. The van der Waals surface area contributed by atoms with Crippen LogP contribution in [0.15, 0.2) is 30.3 Å². The number of rotatable bonds is 3. The Kier molecular flexibility index (Phi) is 4.94. The predicted molar refractivity (Wildman–Crippen MR) is 88.2 cm³/mol. The lowest BCUT2D eigenvalue weighted by Gasteiger charge is -2.42. The number of hydrogen-bond donors (Lipinski definition) is 1. The molecule has 0 radical (unpaired) electrons. The van der Waals surface area contributed by atoms with Crippen molar-refractivity contribution in [2.24, 2.45) is 11.7 Å². The number of hydrogen-bond acceptors (Lipinski definition) is 3. The number of likely N-dealkylation sites (N-methyl/N-ethyl adjacent to an activating group) is 1. The third-order valence-corrected chi connectivity index (χ3v) is 5.26. The first-order valence-electron chi connectivity index (χ1n) is 8.45. The fourth-order valence-corrected chi connectivity index (χ4v) is 3.87. The molecule has 21 heavy (non-hydrogen) atoms. The molecule has 1 saturated heterocycles. The van der Waals surface area contributed by atoms with Gasteiger partial charge in [-0.1, -0.05) is 30.3 Å². The minimum absolute atomic E-state index is 0.457. The second kappa shape index (κ2) is 6.91. The topological polar surface area (TPSA) is 32.5 Å². The second-order valence-corrected chi connectivity index (χ2v) is 6.96. The van der Waals surface area contributed by atoms with Gasteiger partial charge >= 0.3 is 0 Å². The number of nitrogens with two attached hydrogens (primary N) is 1. The van der Waals surface area contributed by atoms with Crippen molar-refractivity contribution in [2.75, 3.05) is 33.2 Å². The van der Waals surface area contributed by atoms with Crippen molar-refractivity contribution in [2.45, 2.75) is 37.8 Å². The smallest absolute Gasteiger partial charge is 0.0475 e. The fraction of sp³-hybridized carbons (Fsp3) is 0.667. The van der Waals surface area contributed by atoms with Crippen LogP contribution >= 0.6 is 0 Å². The van der Waals surface area contributed by atoms with E-state index in [2.05, 4.69) is 47.2 Å². The highest BCUT2D eigenvalue weighted by Crippen LogP contribution is 2.30. The Balaban J connectivity index is 1.67. The minimum Gasteiger partial charge on any atom is -0.328 e. The summed E-state index contributed by atoms with van der Waals surface area (Å²) in [6, 6.07) is 12.0. The van der Waals surface area contributed by atoms with Gasteiger partial charge < -0.3 is 10.6 Å². The molecule has 1 atom stereocenters. The zero-order valence-electron chi connectivity index (χ0n) is 13.2. The summed E-state index contributed by atoms with van der Waals surface area (Å²) in [5, 5.41) is 0. The molecule has 0 bridgehead atoms. The van der Waals surface area contributed by atoms with Gasteiger partial charge in [-0.2, -0.15) is 0 Å². The van der Waals surface area contributed by atoms with Crippen LogP contribution < -0.4 is 5.73 Å². The molecule has 2 N–H and O–H groups in total. The Hall–Kier alpha value is -0.900. The molecule has 1 saturated carbocycles. The molecular formula is C18H29N3. The van der Waals surface area contributed by atoms with E-state index in [9.17, 15) is 0 Å². The van der Waals surface area contributed by atoms with E-state index in [1.54, 1.807) is 0 Å².